The third-order valence-electron chi connectivity index (χ3n) is 4.84. The number of aliphatic hydroxyl groups is 2. The van der Waals surface area contributed by atoms with Crippen molar-refractivity contribution in [3.63, 3.8) is 0 Å². The Balaban J connectivity index is 1.45. The van der Waals surface area contributed by atoms with Crippen molar-refractivity contribution in [2.45, 2.75) is 31.1 Å². The maximum absolute atomic E-state index is 10.9. The molecule has 1 aliphatic heterocycles. The number of fused-ring (bicyclic) bond motifs is 1. The van der Waals surface area contributed by atoms with E-state index in [1.165, 1.54) is 19.8 Å². The van der Waals surface area contributed by atoms with E-state index in [-0.39, 0.29) is 5.75 Å². The monoisotopic (exact) mass is 483 g/mol. The van der Waals surface area contributed by atoms with Crippen LogP contribution < -0.4 is 14.8 Å². The highest BCUT2D eigenvalue weighted by Crippen LogP contribution is 2.37. The molecule has 2 aromatic heterocycles. The van der Waals surface area contributed by atoms with Crippen LogP contribution in [0.2, 0.25) is 0 Å². The summed E-state index contributed by atoms with van der Waals surface area (Å²) in [6.45, 7) is -0.301. The molecule has 4 rings (SSSR count). The molecule has 6 N–H and O–H groups in total. The number of hydrogen-bond donors (Lipinski definition) is 6. The van der Waals surface area contributed by atoms with E-state index in [4.69, 9.17) is 24.0 Å². The molecule has 1 fully saturated rings. The molecule has 0 saturated carbocycles. The van der Waals surface area contributed by atoms with Gasteiger partial charge in [-0.15, -0.1) is 0 Å². The van der Waals surface area contributed by atoms with Crippen LogP contribution in [0.4, 0.5) is 5.82 Å². The predicted molar refractivity (Wildman–Crippen MR) is 111 cm³/mol. The van der Waals surface area contributed by atoms with Gasteiger partial charge in [0.05, 0.1) is 20.0 Å². The summed E-state index contributed by atoms with van der Waals surface area (Å²) in [5, 5.41) is 23.5. The number of methoxy groups -OCH3 is 1. The largest absolute Gasteiger partial charge is 0.497 e. The van der Waals surface area contributed by atoms with Crippen molar-refractivity contribution in [2.24, 2.45) is 0 Å². The Kier molecular flexibility index (Phi) is 6.76. The molecule has 15 heteroatoms. The standard InChI is InChI=1S/C18H22N5O9P/c1-29-10-2-9(5-19-16-13-17(21-7-20-13)23-8-22-16)3-11(4-10)31-18-15(25)14(24)12(32-18)6-30-33(26,27)28/h2-4,7-8,12,14-15,18,24-25H,5-6H2,1H3,(H2,26,27,28)(H2,19,20,21,22,23)/t12-,14-,15-,18?/m1/s1. The molecule has 1 aliphatic rings. The van der Waals surface area contributed by atoms with Gasteiger partial charge in [-0.25, -0.2) is 19.5 Å². The Morgan fingerprint density at radius 1 is 1.15 bits per heavy atom. The minimum atomic E-state index is -4.76. The van der Waals surface area contributed by atoms with Gasteiger partial charge in [0, 0.05) is 12.6 Å². The second-order valence-corrected chi connectivity index (χ2v) is 8.36. The molecule has 1 aromatic carbocycles. The lowest BCUT2D eigenvalue weighted by molar-refractivity contribution is -0.116. The summed E-state index contributed by atoms with van der Waals surface area (Å²) in [6.07, 6.45) is -2.53. The summed E-state index contributed by atoms with van der Waals surface area (Å²) >= 11 is 0. The fourth-order valence-electron chi connectivity index (χ4n) is 3.26. The summed E-state index contributed by atoms with van der Waals surface area (Å²) in [4.78, 5) is 32.9. The number of H-pyrrole nitrogens is 1. The van der Waals surface area contributed by atoms with Gasteiger partial charge in [-0.2, -0.15) is 0 Å². The first-order valence-corrected chi connectivity index (χ1v) is 11.2. The third kappa shape index (κ3) is 5.57. The lowest BCUT2D eigenvalue weighted by Crippen LogP contribution is -2.35. The molecule has 3 heterocycles. The fraction of sp³-hybridized carbons (Fsp3) is 0.389. The van der Waals surface area contributed by atoms with Crippen LogP contribution in [0.15, 0.2) is 30.9 Å². The lowest BCUT2D eigenvalue weighted by atomic mass is 10.1. The van der Waals surface area contributed by atoms with Crippen molar-refractivity contribution in [3.05, 3.63) is 36.4 Å². The fourth-order valence-corrected chi connectivity index (χ4v) is 3.60. The summed E-state index contributed by atoms with van der Waals surface area (Å²) < 4.78 is 31.6. The molecule has 3 aromatic rings. The van der Waals surface area contributed by atoms with E-state index in [1.54, 1.807) is 18.2 Å². The van der Waals surface area contributed by atoms with Crippen LogP contribution in [-0.4, -0.2) is 78.3 Å². The first kappa shape index (κ1) is 23.3. The summed E-state index contributed by atoms with van der Waals surface area (Å²) in [7, 11) is -3.28. The average molecular weight is 483 g/mol. The first-order chi connectivity index (χ1) is 15.7. The molecule has 0 bridgehead atoms. The Bertz CT molecular complexity index is 1160. The van der Waals surface area contributed by atoms with Gasteiger partial charge >= 0.3 is 7.82 Å². The van der Waals surface area contributed by atoms with Crippen LogP contribution in [-0.2, 0) is 20.4 Å². The zero-order chi connectivity index (χ0) is 23.6. The number of phosphoric acid groups is 1. The number of hydrogen-bond acceptors (Lipinski definition) is 11. The van der Waals surface area contributed by atoms with Gasteiger partial charge in [-0.05, 0) is 17.7 Å². The van der Waals surface area contributed by atoms with E-state index >= 15 is 0 Å². The maximum Gasteiger partial charge on any atom is 0.469 e. The van der Waals surface area contributed by atoms with Crippen molar-refractivity contribution in [1.82, 2.24) is 19.9 Å². The number of phosphoric ester groups is 1. The van der Waals surface area contributed by atoms with Crippen LogP contribution >= 0.6 is 7.82 Å². The van der Waals surface area contributed by atoms with Crippen LogP contribution in [0.25, 0.3) is 11.2 Å². The third-order valence-corrected chi connectivity index (χ3v) is 5.32. The number of imidazole rings is 1. The highest BCUT2D eigenvalue weighted by atomic mass is 31.2. The number of benzene rings is 1. The van der Waals surface area contributed by atoms with Crippen LogP contribution in [0, 0.1) is 0 Å². The smallest absolute Gasteiger partial charge is 0.469 e. The predicted octanol–water partition coefficient (Wildman–Crippen LogP) is -0.0916. The van der Waals surface area contributed by atoms with Gasteiger partial charge in [-0.3, -0.25) is 4.52 Å². The van der Waals surface area contributed by atoms with Crippen molar-refractivity contribution in [2.75, 3.05) is 19.0 Å². The molecule has 0 radical (unpaired) electrons. The van der Waals surface area contributed by atoms with Gasteiger partial charge in [0.2, 0.25) is 6.29 Å². The van der Waals surface area contributed by atoms with Crippen molar-refractivity contribution < 1.29 is 43.3 Å². The summed E-state index contributed by atoms with van der Waals surface area (Å²) in [5.41, 5.74) is 1.91. The average Bonchev–Trinajstić information content (AvgIpc) is 3.36. The topological polar surface area (TPSA) is 201 Å². The van der Waals surface area contributed by atoms with E-state index in [0.717, 1.165) is 5.56 Å². The van der Waals surface area contributed by atoms with Crippen molar-refractivity contribution in [1.29, 1.82) is 0 Å². The van der Waals surface area contributed by atoms with E-state index in [2.05, 4.69) is 29.8 Å². The Labute approximate surface area is 186 Å². The van der Waals surface area contributed by atoms with Gasteiger partial charge in [0.25, 0.3) is 0 Å². The Morgan fingerprint density at radius 2 is 1.94 bits per heavy atom. The number of anilines is 1. The lowest BCUT2D eigenvalue weighted by Gasteiger charge is -2.18. The summed E-state index contributed by atoms with van der Waals surface area (Å²) in [5.74, 6) is 1.29. The Hall–Kier alpha value is -2.84. The minimum absolute atomic E-state index is 0.272. The molecule has 1 saturated heterocycles. The van der Waals surface area contributed by atoms with Gasteiger partial charge in [-0.1, -0.05) is 0 Å². The number of rotatable bonds is 9. The highest BCUT2D eigenvalue weighted by Gasteiger charge is 2.45. The van der Waals surface area contributed by atoms with E-state index < -0.39 is 39.0 Å². The van der Waals surface area contributed by atoms with E-state index in [9.17, 15) is 14.8 Å². The van der Waals surface area contributed by atoms with E-state index in [0.29, 0.717) is 29.3 Å². The molecule has 0 spiro atoms. The first-order valence-electron chi connectivity index (χ1n) is 9.68. The zero-order valence-electron chi connectivity index (χ0n) is 17.2. The number of nitrogens with one attached hydrogen (secondary N) is 2. The molecule has 33 heavy (non-hydrogen) atoms. The SMILES string of the molecule is COc1cc(CNc2ncnc3nc[nH]c23)cc(OC2O[C@H](COP(=O)(O)O)[C@@H](O)[C@H]2O)c1. The van der Waals surface area contributed by atoms with Gasteiger partial charge in [0.15, 0.2) is 11.5 Å². The van der Waals surface area contributed by atoms with Gasteiger partial charge < -0.3 is 44.5 Å². The molecule has 1 unspecified atom stereocenters. The molecule has 178 valence electrons. The van der Waals surface area contributed by atoms with Crippen LogP contribution in [0.5, 0.6) is 11.5 Å². The number of aliphatic hydroxyl groups excluding tert-OH is 2. The molecule has 14 nitrogen and oxygen atoms in total. The van der Waals surface area contributed by atoms with Crippen LogP contribution in [0.1, 0.15) is 5.56 Å². The molecular formula is C18H22N5O9P. The zero-order valence-corrected chi connectivity index (χ0v) is 18.1. The van der Waals surface area contributed by atoms with Crippen LogP contribution in [0.3, 0.4) is 0 Å². The molecule has 0 amide bonds. The normalized spacial score (nSPS) is 23.1. The number of nitrogens with zero attached hydrogens (tertiary/aromatic N) is 3. The number of aromatic nitrogens is 4. The number of aromatic amines is 1. The second-order valence-electron chi connectivity index (χ2n) is 7.12. The highest BCUT2D eigenvalue weighted by molar-refractivity contribution is 7.46. The summed E-state index contributed by atoms with van der Waals surface area (Å²) in [6, 6.07) is 4.99. The molecule has 4 atom stereocenters. The van der Waals surface area contributed by atoms with Gasteiger partial charge in [0.1, 0.15) is 41.7 Å². The van der Waals surface area contributed by atoms with Crippen molar-refractivity contribution in [3.8, 4) is 11.5 Å². The Morgan fingerprint density at radius 3 is 2.70 bits per heavy atom. The second kappa shape index (κ2) is 9.57. The number of ether oxygens (including phenoxy) is 3. The van der Waals surface area contributed by atoms with Crippen molar-refractivity contribution >= 4 is 24.8 Å². The minimum Gasteiger partial charge on any atom is -0.497 e. The maximum atomic E-state index is 10.9. The van der Waals surface area contributed by atoms with E-state index in [1.807, 2.05) is 0 Å². The molecular weight excluding hydrogens is 461 g/mol. The quantitative estimate of drug-likeness (QED) is 0.221. The molecule has 0 aliphatic carbocycles.